The molecular formula is C54H72F2N2O15+2. The van der Waals surface area contributed by atoms with Gasteiger partial charge in [-0.25, -0.2) is 4.79 Å². The molecule has 2 aliphatic rings. The molecule has 2 heterocycles. The molecule has 0 N–H and O–H groups in total. The molecule has 4 aromatic carbocycles. The molecule has 4 atom stereocenters. The molecule has 6 rings (SSSR count). The number of hydrogen-bond acceptors (Lipinski definition) is 15. The Hall–Kier alpha value is -6.60. The van der Waals surface area contributed by atoms with Gasteiger partial charge in [0.25, 0.3) is 0 Å². The van der Waals surface area contributed by atoms with Crippen LogP contribution in [0.3, 0.4) is 0 Å². The van der Waals surface area contributed by atoms with Crippen LogP contribution in [-0.2, 0) is 38.3 Å². The molecular weight excluding hydrogens is 955 g/mol. The quantitative estimate of drug-likeness (QED) is 0.0361. The fourth-order valence-electron chi connectivity index (χ4n) is 10.6. The van der Waals surface area contributed by atoms with Crippen molar-refractivity contribution >= 4 is 11.9 Å². The smallest absolute Gasteiger partial charge is 0.377 e. The third-order valence-corrected chi connectivity index (χ3v) is 14.3. The molecule has 0 unspecified atom stereocenters. The number of carbonyl (C=O) groups is 2. The lowest BCUT2D eigenvalue weighted by Crippen LogP contribution is -2.53. The summed E-state index contributed by atoms with van der Waals surface area (Å²) in [6, 6.07) is 13.0. The molecule has 2 aliphatic heterocycles. The van der Waals surface area contributed by atoms with Crippen molar-refractivity contribution in [2.75, 3.05) is 132 Å². The first-order chi connectivity index (χ1) is 35.0. The molecule has 0 fully saturated rings. The average molecular weight is 1030 g/mol. The Bertz CT molecular complexity index is 2540. The molecule has 0 bridgehead atoms. The summed E-state index contributed by atoms with van der Waals surface area (Å²) in [5.41, 5.74) is 5.72. The van der Waals surface area contributed by atoms with Crippen LogP contribution in [0.4, 0.5) is 8.78 Å². The number of fused-ring (bicyclic) bond motifs is 2. The van der Waals surface area contributed by atoms with Crippen LogP contribution < -0.4 is 52.1 Å². The van der Waals surface area contributed by atoms with Gasteiger partial charge < -0.3 is 70.5 Å². The molecule has 73 heavy (non-hydrogen) atoms. The zero-order chi connectivity index (χ0) is 53.3. The number of alkyl halides is 2. The van der Waals surface area contributed by atoms with Gasteiger partial charge in [0.2, 0.25) is 17.2 Å². The van der Waals surface area contributed by atoms with E-state index in [2.05, 4.69) is 14.1 Å². The molecule has 0 amide bonds. The maximum Gasteiger partial charge on any atom is 0.377 e. The van der Waals surface area contributed by atoms with E-state index < -0.39 is 24.3 Å². The van der Waals surface area contributed by atoms with Gasteiger partial charge in [0.05, 0.1) is 137 Å². The summed E-state index contributed by atoms with van der Waals surface area (Å²) in [6.07, 6.45) is 0.903. The van der Waals surface area contributed by atoms with E-state index in [9.17, 15) is 9.59 Å². The fourth-order valence-corrected chi connectivity index (χ4v) is 10.6. The van der Waals surface area contributed by atoms with Crippen LogP contribution >= 0.6 is 0 Å². The van der Waals surface area contributed by atoms with Crippen LogP contribution in [0.5, 0.6) is 63.2 Å². The number of ether oxygens (including phenoxy) is 13. The Labute approximate surface area is 427 Å². The van der Waals surface area contributed by atoms with Crippen LogP contribution in [0.15, 0.2) is 42.5 Å². The van der Waals surface area contributed by atoms with Gasteiger partial charge in [0.15, 0.2) is 46.0 Å². The monoisotopic (exact) mass is 1030 g/mol. The molecule has 4 aromatic rings. The minimum absolute atomic E-state index is 0.154. The minimum Gasteiger partial charge on any atom is -0.493 e. The van der Waals surface area contributed by atoms with E-state index >= 15 is 8.78 Å². The third kappa shape index (κ3) is 11.6. The molecule has 19 heteroatoms. The van der Waals surface area contributed by atoms with Gasteiger partial charge in [0, 0.05) is 43.2 Å². The normalized spacial score (nSPS) is 19.1. The topological polar surface area (TPSA) is 154 Å². The van der Waals surface area contributed by atoms with Crippen LogP contribution in [0, 0.1) is 0 Å². The predicted molar refractivity (Wildman–Crippen MR) is 266 cm³/mol. The first-order valence-electron chi connectivity index (χ1n) is 24.0. The highest BCUT2D eigenvalue weighted by Gasteiger charge is 2.46. The number of hydrogen-bond donors (Lipinski definition) is 0. The number of halogens is 2. The molecule has 400 valence electrons. The molecule has 0 saturated heterocycles. The molecule has 0 saturated carbocycles. The maximum atomic E-state index is 15.4. The van der Waals surface area contributed by atoms with E-state index in [1.807, 2.05) is 42.5 Å². The van der Waals surface area contributed by atoms with E-state index in [1.165, 1.54) is 14.2 Å². The number of rotatable bonds is 25. The standard InChI is InChI=1S/C54H72F2N2O15/c1-57(20-17-35-28-45(67-9)51(70-12)52(71-13)47(35)38(57)24-33-25-41(63-5)49(68-10)42(26-33)64-6)18-14-23-73-53(60)54(55,56)32-46(59)72-22-15-19-58(2)21-16-34-27-39(61-3)40(62-4)31-37(34)48(58)36-29-43(65-7)50(69-11)44(30-36)66-8/h25-31,38,48H,14-24,32H2,1-13H3/q+2/t38-,48+,57-,58+/m1/s1. The molecule has 0 aromatic heterocycles. The van der Waals surface area contributed by atoms with Crippen LogP contribution in [0.1, 0.15) is 64.7 Å². The highest BCUT2D eigenvalue weighted by molar-refractivity contribution is 5.84. The predicted octanol–water partition coefficient (Wildman–Crippen LogP) is 7.75. The second-order valence-corrected chi connectivity index (χ2v) is 18.5. The van der Waals surface area contributed by atoms with E-state index in [1.54, 1.807) is 64.0 Å². The summed E-state index contributed by atoms with van der Waals surface area (Å²) >= 11 is 0. The van der Waals surface area contributed by atoms with Gasteiger partial charge in [-0.3, -0.25) is 4.79 Å². The average Bonchev–Trinajstić information content (AvgIpc) is 3.39. The van der Waals surface area contributed by atoms with Gasteiger partial charge in [-0.15, -0.1) is 0 Å². The summed E-state index contributed by atoms with van der Waals surface area (Å²) in [4.78, 5) is 25.9. The zero-order valence-electron chi connectivity index (χ0n) is 44.5. The van der Waals surface area contributed by atoms with Crippen LogP contribution in [0.2, 0.25) is 0 Å². The first-order valence-corrected chi connectivity index (χ1v) is 24.0. The Morgan fingerprint density at radius 2 is 0.986 bits per heavy atom. The van der Waals surface area contributed by atoms with E-state index in [0.29, 0.717) is 124 Å². The van der Waals surface area contributed by atoms with Gasteiger partial charge in [-0.1, -0.05) is 0 Å². The number of quaternary nitrogens is 2. The summed E-state index contributed by atoms with van der Waals surface area (Å²) < 4.78 is 105. The number of esters is 2. The van der Waals surface area contributed by atoms with Crippen molar-refractivity contribution in [1.82, 2.24) is 0 Å². The Morgan fingerprint density at radius 1 is 0.534 bits per heavy atom. The van der Waals surface area contributed by atoms with Gasteiger partial charge in [0.1, 0.15) is 18.5 Å². The Balaban J connectivity index is 1.11. The maximum absolute atomic E-state index is 15.4. The number of nitrogens with zero attached hydrogens (tertiary/aromatic N) is 2. The van der Waals surface area contributed by atoms with Crippen LogP contribution in [-0.4, -0.2) is 159 Å². The van der Waals surface area contributed by atoms with Crippen molar-refractivity contribution in [2.45, 2.75) is 56.5 Å². The third-order valence-electron chi connectivity index (χ3n) is 14.3. The van der Waals surface area contributed by atoms with Gasteiger partial charge in [-0.2, -0.15) is 8.78 Å². The lowest BCUT2D eigenvalue weighted by atomic mass is 9.85. The highest BCUT2D eigenvalue weighted by Crippen LogP contribution is 2.52. The van der Waals surface area contributed by atoms with Crippen LogP contribution in [0.25, 0.3) is 0 Å². The first kappa shape index (κ1) is 55.7. The molecule has 0 aliphatic carbocycles. The Kier molecular flexibility index (Phi) is 18.3. The van der Waals surface area contributed by atoms with Gasteiger partial charge in [-0.05, 0) is 59.2 Å². The second-order valence-electron chi connectivity index (χ2n) is 18.5. The summed E-state index contributed by atoms with van der Waals surface area (Å²) in [6.45, 7) is 1.78. The van der Waals surface area contributed by atoms with E-state index in [-0.39, 0.29) is 31.7 Å². The van der Waals surface area contributed by atoms with E-state index in [0.717, 1.165) is 33.4 Å². The lowest BCUT2D eigenvalue weighted by Gasteiger charge is -2.46. The number of likely N-dealkylation sites (N-methyl/N-ethyl adjacent to an activating group) is 2. The summed E-state index contributed by atoms with van der Waals surface area (Å²) in [7, 11) is 21.3. The second kappa shape index (κ2) is 24.0. The number of carbonyl (C=O) groups excluding carboxylic acids is 2. The van der Waals surface area contributed by atoms with Crippen molar-refractivity contribution in [3.8, 4) is 63.2 Å². The SMILES string of the molecule is COc1cc2c(cc1OC)[C@H](c1cc(OC)c(OC)c(OC)c1)[N@@+](C)(CCCOC(=O)CC(F)(F)C(=O)OCCC[N@+]1(C)CCc3cc(OC)c(OC)c(OC)c3[C@H]1Cc1cc(OC)c(OC)c(OC)c1)CC2. The summed E-state index contributed by atoms with van der Waals surface area (Å²) in [5.74, 6) is -1.63. The van der Waals surface area contributed by atoms with Crippen molar-refractivity contribution in [1.29, 1.82) is 0 Å². The van der Waals surface area contributed by atoms with Crippen molar-refractivity contribution < 1.29 is 88.9 Å². The number of benzene rings is 4. The van der Waals surface area contributed by atoms with Gasteiger partial charge >= 0.3 is 17.9 Å². The van der Waals surface area contributed by atoms with Crippen molar-refractivity contribution in [3.05, 3.63) is 75.8 Å². The lowest BCUT2D eigenvalue weighted by molar-refractivity contribution is -0.941. The molecule has 0 spiro atoms. The Morgan fingerprint density at radius 3 is 1.52 bits per heavy atom. The minimum atomic E-state index is -4.12. The fraction of sp³-hybridized carbons (Fsp3) is 0.519. The van der Waals surface area contributed by atoms with Crippen molar-refractivity contribution in [3.63, 3.8) is 0 Å². The largest absolute Gasteiger partial charge is 0.493 e. The number of methoxy groups -OCH3 is 11. The van der Waals surface area contributed by atoms with E-state index in [4.69, 9.17) is 61.6 Å². The molecule has 17 nitrogen and oxygen atoms in total. The highest BCUT2D eigenvalue weighted by atomic mass is 19.3. The van der Waals surface area contributed by atoms with Crippen molar-refractivity contribution in [2.24, 2.45) is 0 Å². The summed E-state index contributed by atoms with van der Waals surface area (Å²) in [5, 5.41) is 0. The zero-order valence-corrected chi connectivity index (χ0v) is 44.5. The molecule has 0 radical (unpaired) electrons.